The first kappa shape index (κ1) is 24.5. The zero-order valence-corrected chi connectivity index (χ0v) is 20.6. The third-order valence-electron chi connectivity index (χ3n) is 5.73. The Bertz CT molecular complexity index is 1570. The average molecular weight is 483 g/mol. The molecule has 182 valence electrons. The number of aryl methyl sites for hydroxylation is 2. The van der Waals surface area contributed by atoms with Crippen LogP contribution in [-0.2, 0) is 16.1 Å². The maximum Gasteiger partial charge on any atom is 0.349 e. The molecule has 1 aromatic carbocycles. The lowest BCUT2D eigenvalue weighted by Crippen LogP contribution is -2.17. The highest BCUT2D eigenvalue weighted by atomic mass is 16.5. The highest BCUT2D eigenvalue weighted by molar-refractivity contribution is 5.98. The molecule has 0 spiro atoms. The number of benzene rings is 1. The molecule has 4 rings (SSSR count). The Hall–Kier alpha value is -4.64. The molecule has 8 heteroatoms. The normalized spacial score (nSPS) is 11.4. The van der Waals surface area contributed by atoms with Crippen LogP contribution in [0.2, 0.25) is 0 Å². The van der Waals surface area contributed by atoms with E-state index in [-0.39, 0.29) is 17.7 Å². The van der Waals surface area contributed by atoms with Crippen LogP contribution in [0.25, 0.3) is 17.4 Å². The van der Waals surface area contributed by atoms with E-state index < -0.39 is 5.97 Å². The lowest BCUT2D eigenvalue weighted by atomic mass is 10.1. The summed E-state index contributed by atoms with van der Waals surface area (Å²) in [6, 6.07) is 16.4. The maximum absolute atomic E-state index is 12.7. The first-order chi connectivity index (χ1) is 17.3. The Morgan fingerprint density at radius 2 is 1.86 bits per heavy atom. The Kier molecular flexibility index (Phi) is 7.02. The molecular weight excluding hydrogens is 456 g/mol. The molecule has 0 N–H and O–H groups in total. The van der Waals surface area contributed by atoms with Crippen molar-refractivity contribution in [3.8, 4) is 17.5 Å². The minimum absolute atomic E-state index is 0.143. The van der Waals surface area contributed by atoms with Gasteiger partial charge in [-0.3, -0.25) is 9.20 Å². The number of carbonyl (C=O) groups excluding carboxylic acids is 1. The van der Waals surface area contributed by atoms with Crippen molar-refractivity contribution in [1.29, 1.82) is 5.26 Å². The number of rotatable bonds is 7. The first-order valence-corrected chi connectivity index (χ1v) is 11.5. The quantitative estimate of drug-likeness (QED) is 0.219. The highest BCUT2D eigenvalue weighted by Crippen LogP contribution is 2.24. The van der Waals surface area contributed by atoms with Crippen LogP contribution in [0.5, 0.6) is 5.75 Å². The summed E-state index contributed by atoms with van der Waals surface area (Å²) in [5, 5.41) is 9.62. The zero-order chi connectivity index (χ0) is 25.8. The third kappa shape index (κ3) is 5.05. The van der Waals surface area contributed by atoms with Gasteiger partial charge >= 0.3 is 5.97 Å². The van der Waals surface area contributed by atoms with E-state index in [0.717, 1.165) is 34.0 Å². The summed E-state index contributed by atoms with van der Waals surface area (Å²) in [7, 11) is 0. The van der Waals surface area contributed by atoms with Crippen LogP contribution in [0.15, 0.2) is 65.1 Å². The summed E-state index contributed by atoms with van der Waals surface area (Å²) in [6.07, 6.45) is 3.21. The summed E-state index contributed by atoms with van der Waals surface area (Å²) in [5.41, 5.74) is 4.77. The fraction of sp³-hybridized carbons (Fsp3) is 0.214. The van der Waals surface area contributed by atoms with Gasteiger partial charge in [-0.1, -0.05) is 6.07 Å². The second-order valence-electron chi connectivity index (χ2n) is 8.36. The number of carbonyl (C=O) groups is 1. The van der Waals surface area contributed by atoms with Crippen LogP contribution in [0.1, 0.15) is 35.1 Å². The lowest BCUT2D eigenvalue weighted by Gasteiger charge is -2.11. The van der Waals surface area contributed by atoms with Gasteiger partial charge < -0.3 is 14.0 Å². The Morgan fingerprint density at radius 1 is 1.11 bits per heavy atom. The third-order valence-corrected chi connectivity index (χ3v) is 5.73. The molecule has 0 saturated carbocycles. The van der Waals surface area contributed by atoms with Crippen molar-refractivity contribution in [2.24, 2.45) is 0 Å². The highest BCUT2D eigenvalue weighted by Gasteiger charge is 2.16. The Labute approximate surface area is 208 Å². The molecule has 8 nitrogen and oxygen atoms in total. The van der Waals surface area contributed by atoms with E-state index in [9.17, 15) is 14.9 Å². The van der Waals surface area contributed by atoms with Gasteiger partial charge in [0.15, 0.2) is 0 Å². The summed E-state index contributed by atoms with van der Waals surface area (Å²) in [4.78, 5) is 29.4. The number of fused-ring (bicyclic) bond motifs is 1. The molecule has 0 unspecified atom stereocenters. The summed E-state index contributed by atoms with van der Waals surface area (Å²) >= 11 is 0. The topological polar surface area (TPSA) is 98.6 Å². The monoisotopic (exact) mass is 482 g/mol. The molecule has 0 aliphatic carbocycles. The summed E-state index contributed by atoms with van der Waals surface area (Å²) in [6.45, 7) is 8.07. The standard InChI is InChI=1S/C28H26N4O4/c1-5-35-25-9-7-24(8-10-25)32-19(3)12-21(20(32)4)13-22(15-29)28(34)36-17-23-14-27(33)31-16-18(2)6-11-26(31)30-23/h6-14,16H,5,17H2,1-4H3. The fourth-order valence-electron chi connectivity index (χ4n) is 4.03. The largest absolute Gasteiger partial charge is 0.494 e. The van der Waals surface area contributed by atoms with Gasteiger partial charge in [-0.15, -0.1) is 0 Å². The molecular formula is C28H26N4O4. The molecule has 0 fully saturated rings. The molecule has 0 atom stereocenters. The molecule has 0 amide bonds. The van der Waals surface area contributed by atoms with Crippen molar-refractivity contribution in [3.63, 3.8) is 0 Å². The smallest absolute Gasteiger partial charge is 0.349 e. The van der Waals surface area contributed by atoms with Crippen LogP contribution in [0, 0.1) is 32.1 Å². The number of nitriles is 1. The van der Waals surface area contributed by atoms with Gasteiger partial charge in [-0.2, -0.15) is 5.26 Å². The van der Waals surface area contributed by atoms with Crippen LogP contribution in [-0.4, -0.2) is 26.5 Å². The molecule has 0 aliphatic heterocycles. The van der Waals surface area contributed by atoms with Gasteiger partial charge in [-0.05, 0) is 81.3 Å². The predicted octanol–water partition coefficient (Wildman–Crippen LogP) is 4.46. The van der Waals surface area contributed by atoms with E-state index in [1.165, 1.54) is 16.5 Å². The van der Waals surface area contributed by atoms with Crippen molar-refractivity contribution in [1.82, 2.24) is 14.0 Å². The van der Waals surface area contributed by atoms with Gasteiger partial charge in [0.2, 0.25) is 0 Å². The van der Waals surface area contributed by atoms with Crippen LogP contribution in [0.4, 0.5) is 0 Å². The van der Waals surface area contributed by atoms with Crippen molar-refractivity contribution in [2.75, 3.05) is 6.61 Å². The molecule has 36 heavy (non-hydrogen) atoms. The number of pyridine rings is 1. The number of hydrogen-bond acceptors (Lipinski definition) is 6. The van der Waals surface area contributed by atoms with E-state index in [1.807, 2.05) is 74.7 Å². The zero-order valence-electron chi connectivity index (χ0n) is 20.6. The van der Waals surface area contributed by atoms with Crippen molar-refractivity contribution >= 4 is 17.7 Å². The van der Waals surface area contributed by atoms with Crippen molar-refractivity contribution in [2.45, 2.75) is 34.3 Å². The maximum atomic E-state index is 12.7. The van der Waals surface area contributed by atoms with Gasteiger partial charge in [0.05, 0.1) is 12.3 Å². The first-order valence-electron chi connectivity index (χ1n) is 11.5. The van der Waals surface area contributed by atoms with Gasteiger partial charge in [0, 0.05) is 29.3 Å². The van der Waals surface area contributed by atoms with Crippen molar-refractivity contribution in [3.05, 3.63) is 98.9 Å². The second-order valence-corrected chi connectivity index (χ2v) is 8.36. The number of hydrogen-bond donors (Lipinski definition) is 0. The number of esters is 1. The molecule has 0 saturated heterocycles. The van der Waals surface area contributed by atoms with Crippen LogP contribution >= 0.6 is 0 Å². The molecule has 4 aromatic rings. The molecule has 3 heterocycles. The Morgan fingerprint density at radius 3 is 2.56 bits per heavy atom. The molecule has 0 aliphatic rings. The lowest BCUT2D eigenvalue weighted by molar-refractivity contribution is -0.139. The SMILES string of the molecule is CCOc1ccc(-n2c(C)cc(C=C(C#N)C(=O)OCc3cc(=O)n4cc(C)ccc4n3)c2C)cc1. The molecule has 3 aromatic heterocycles. The van der Waals surface area contributed by atoms with Gasteiger partial charge in [0.1, 0.15) is 29.6 Å². The summed E-state index contributed by atoms with van der Waals surface area (Å²) in [5.74, 6) is 0.00586. The van der Waals surface area contributed by atoms with Gasteiger partial charge in [-0.25, -0.2) is 9.78 Å². The summed E-state index contributed by atoms with van der Waals surface area (Å²) < 4.78 is 14.3. The minimum Gasteiger partial charge on any atom is -0.494 e. The second kappa shape index (κ2) is 10.3. The van der Waals surface area contributed by atoms with Gasteiger partial charge in [0.25, 0.3) is 5.56 Å². The Balaban J connectivity index is 1.54. The van der Waals surface area contributed by atoms with Crippen LogP contribution < -0.4 is 10.3 Å². The van der Waals surface area contributed by atoms with E-state index >= 15 is 0 Å². The van der Waals surface area contributed by atoms with E-state index in [4.69, 9.17) is 9.47 Å². The minimum atomic E-state index is -0.783. The fourth-order valence-corrected chi connectivity index (χ4v) is 4.03. The molecule has 0 radical (unpaired) electrons. The van der Waals surface area contributed by atoms with Crippen molar-refractivity contribution < 1.29 is 14.3 Å². The van der Waals surface area contributed by atoms with E-state index in [2.05, 4.69) is 4.98 Å². The average Bonchev–Trinajstić information content (AvgIpc) is 3.14. The van der Waals surface area contributed by atoms with Crippen LogP contribution in [0.3, 0.4) is 0 Å². The molecule has 0 bridgehead atoms. The number of nitrogens with zero attached hydrogens (tertiary/aromatic N) is 4. The van der Waals surface area contributed by atoms with E-state index in [0.29, 0.717) is 17.9 Å². The number of ether oxygens (including phenoxy) is 2. The van der Waals surface area contributed by atoms with E-state index in [1.54, 1.807) is 12.3 Å². The predicted molar refractivity (Wildman–Crippen MR) is 136 cm³/mol. The number of aromatic nitrogens is 3.